The summed E-state index contributed by atoms with van der Waals surface area (Å²) in [5.74, 6) is 2.08. The van der Waals surface area contributed by atoms with Crippen LogP contribution in [0.4, 0.5) is 0 Å². The number of fused-ring (bicyclic) bond motifs is 3. The minimum atomic E-state index is -0.176. The van der Waals surface area contributed by atoms with Crippen molar-refractivity contribution in [3.8, 4) is 0 Å². The number of rotatable bonds is 0. The minimum absolute atomic E-state index is 0.0101. The highest BCUT2D eigenvalue weighted by molar-refractivity contribution is 9.10. The zero-order valence-electron chi connectivity index (χ0n) is 14.0. The summed E-state index contributed by atoms with van der Waals surface area (Å²) in [5.41, 5.74) is 0.354. The van der Waals surface area contributed by atoms with Gasteiger partial charge in [-0.3, -0.25) is 0 Å². The Labute approximate surface area is 147 Å². The van der Waals surface area contributed by atoms with Gasteiger partial charge in [0.05, 0.1) is 29.2 Å². The molecule has 0 spiro atoms. The smallest absolute Gasteiger partial charge is 0.0738 e. The fourth-order valence-corrected chi connectivity index (χ4v) is 8.98. The van der Waals surface area contributed by atoms with E-state index in [9.17, 15) is 10.2 Å². The summed E-state index contributed by atoms with van der Waals surface area (Å²) in [7, 11) is 0. The quantitative estimate of drug-likeness (QED) is 0.630. The van der Waals surface area contributed by atoms with Crippen LogP contribution in [0.25, 0.3) is 0 Å². The number of hydrogen-bond donors (Lipinski definition) is 2. The molecule has 130 valence electrons. The standard InChI is InChI=1S/C19H29BrO3/c1-17-6-5-14-12(13(17)2-3-15(17)22)8-16-19(20)9-11(21)4-7-18(14,19)10-23-16/h11-16,21-22H,2-10H2,1H3/t11-,12+,13-,14+,15-,16+,17+,18-,19-/m0/s1. The predicted molar refractivity (Wildman–Crippen MR) is 91.4 cm³/mol. The Balaban J connectivity index is 1.55. The van der Waals surface area contributed by atoms with Crippen molar-refractivity contribution in [2.75, 3.05) is 6.61 Å². The lowest BCUT2D eigenvalue weighted by molar-refractivity contribution is -0.112. The van der Waals surface area contributed by atoms with Crippen molar-refractivity contribution in [2.45, 2.75) is 80.9 Å². The Morgan fingerprint density at radius 2 is 1.87 bits per heavy atom. The van der Waals surface area contributed by atoms with Crippen molar-refractivity contribution in [3.05, 3.63) is 0 Å². The van der Waals surface area contributed by atoms with E-state index in [2.05, 4.69) is 22.9 Å². The molecule has 0 amide bonds. The highest BCUT2D eigenvalue weighted by atomic mass is 79.9. The molecule has 0 aromatic carbocycles. The van der Waals surface area contributed by atoms with Crippen molar-refractivity contribution >= 4 is 15.9 Å². The third-order valence-electron chi connectivity index (χ3n) is 8.92. The fraction of sp³-hybridized carbons (Fsp3) is 1.00. The Hall–Kier alpha value is 0.360. The highest BCUT2D eigenvalue weighted by Crippen LogP contribution is 2.72. The summed E-state index contributed by atoms with van der Waals surface area (Å²) in [6, 6.07) is 0. The van der Waals surface area contributed by atoms with Crippen molar-refractivity contribution in [1.82, 2.24) is 0 Å². The first-order chi connectivity index (χ1) is 10.9. The van der Waals surface area contributed by atoms with E-state index in [0.29, 0.717) is 17.8 Å². The Morgan fingerprint density at radius 1 is 1.04 bits per heavy atom. The fourth-order valence-electron chi connectivity index (χ4n) is 7.68. The molecule has 1 aliphatic heterocycles. The summed E-state index contributed by atoms with van der Waals surface area (Å²) in [6.45, 7) is 3.22. The molecule has 2 bridgehead atoms. The normalized spacial score (nSPS) is 64.2. The second-order valence-corrected chi connectivity index (χ2v) is 10.9. The van der Waals surface area contributed by atoms with Crippen LogP contribution in [0.1, 0.15) is 58.3 Å². The lowest BCUT2D eigenvalue weighted by Crippen LogP contribution is -2.63. The summed E-state index contributed by atoms with van der Waals surface area (Å²) in [6.07, 6.45) is 8.55. The zero-order valence-corrected chi connectivity index (χ0v) is 15.6. The van der Waals surface area contributed by atoms with E-state index in [-0.39, 0.29) is 33.5 Å². The molecule has 4 saturated carbocycles. The molecule has 0 unspecified atom stereocenters. The summed E-state index contributed by atoms with van der Waals surface area (Å²) in [4.78, 5) is 0. The van der Waals surface area contributed by atoms with Crippen LogP contribution in [-0.2, 0) is 4.74 Å². The lowest BCUT2D eigenvalue weighted by atomic mass is 9.45. The minimum Gasteiger partial charge on any atom is -0.393 e. The molecule has 5 aliphatic rings. The lowest BCUT2D eigenvalue weighted by Gasteiger charge is -2.62. The van der Waals surface area contributed by atoms with Gasteiger partial charge in [0, 0.05) is 5.41 Å². The van der Waals surface area contributed by atoms with Gasteiger partial charge in [0.1, 0.15) is 0 Å². The maximum Gasteiger partial charge on any atom is 0.0738 e. The molecule has 5 rings (SSSR count). The van der Waals surface area contributed by atoms with Gasteiger partial charge in [-0.2, -0.15) is 0 Å². The van der Waals surface area contributed by atoms with Gasteiger partial charge in [0.2, 0.25) is 0 Å². The third kappa shape index (κ3) is 1.72. The first kappa shape index (κ1) is 15.6. The van der Waals surface area contributed by atoms with Gasteiger partial charge in [-0.25, -0.2) is 0 Å². The molecule has 3 nitrogen and oxygen atoms in total. The van der Waals surface area contributed by atoms with Crippen LogP contribution in [0.2, 0.25) is 0 Å². The third-order valence-corrected chi connectivity index (χ3v) is 10.5. The molecule has 4 heteroatoms. The van der Waals surface area contributed by atoms with E-state index in [1.54, 1.807) is 0 Å². The molecule has 0 aromatic heterocycles. The Morgan fingerprint density at radius 3 is 2.70 bits per heavy atom. The van der Waals surface area contributed by atoms with Crippen molar-refractivity contribution < 1.29 is 14.9 Å². The summed E-state index contributed by atoms with van der Waals surface area (Å²) >= 11 is 4.12. The molecule has 9 atom stereocenters. The topological polar surface area (TPSA) is 49.7 Å². The number of ether oxygens (including phenoxy) is 1. The second kappa shape index (κ2) is 4.75. The Kier molecular flexibility index (Phi) is 3.22. The van der Waals surface area contributed by atoms with Crippen LogP contribution >= 0.6 is 15.9 Å². The van der Waals surface area contributed by atoms with Gasteiger partial charge in [0.15, 0.2) is 0 Å². The molecule has 23 heavy (non-hydrogen) atoms. The average Bonchev–Trinajstić information content (AvgIpc) is 2.88. The molecule has 2 N–H and O–H groups in total. The first-order valence-electron chi connectivity index (χ1n) is 9.57. The molecular formula is C19H29BrO3. The van der Waals surface area contributed by atoms with E-state index in [4.69, 9.17) is 4.74 Å². The number of aliphatic hydroxyl groups is 2. The van der Waals surface area contributed by atoms with Gasteiger partial charge in [0.25, 0.3) is 0 Å². The van der Waals surface area contributed by atoms with Crippen molar-refractivity contribution in [2.24, 2.45) is 28.6 Å². The van der Waals surface area contributed by atoms with Crippen LogP contribution in [0.5, 0.6) is 0 Å². The van der Waals surface area contributed by atoms with Crippen molar-refractivity contribution in [3.63, 3.8) is 0 Å². The molecule has 1 saturated heterocycles. The SMILES string of the molecule is C[C@@]12CC[C@@H]3[C@H](C[C@H]4OC[C@@]35CC[C@H](O)C[C@]45Br)[C@@H]1CC[C@@H]2O. The number of alkyl halides is 1. The van der Waals surface area contributed by atoms with E-state index in [1.807, 2.05) is 0 Å². The van der Waals surface area contributed by atoms with Crippen molar-refractivity contribution in [1.29, 1.82) is 0 Å². The van der Waals surface area contributed by atoms with E-state index in [1.165, 1.54) is 12.8 Å². The van der Waals surface area contributed by atoms with Gasteiger partial charge >= 0.3 is 0 Å². The van der Waals surface area contributed by atoms with Gasteiger partial charge in [-0.05, 0) is 74.5 Å². The molecule has 5 fully saturated rings. The average molecular weight is 385 g/mol. The number of aliphatic hydroxyl groups excluding tert-OH is 2. The van der Waals surface area contributed by atoms with E-state index >= 15 is 0 Å². The zero-order chi connectivity index (χ0) is 16.0. The maximum absolute atomic E-state index is 10.6. The Bertz CT molecular complexity index is 527. The molecule has 1 heterocycles. The van der Waals surface area contributed by atoms with E-state index < -0.39 is 0 Å². The number of hydrogen-bond acceptors (Lipinski definition) is 3. The summed E-state index contributed by atoms with van der Waals surface area (Å²) in [5, 5.41) is 20.8. The number of halogens is 1. The predicted octanol–water partition coefficient (Wildman–Crippen LogP) is 3.26. The molecule has 4 aliphatic carbocycles. The maximum atomic E-state index is 10.6. The van der Waals surface area contributed by atoms with Gasteiger partial charge < -0.3 is 14.9 Å². The van der Waals surface area contributed by atoms with Crippen LogP contribution in [0.3, 0.4) is 0 Å². The monoisotopic (exact) mass is 384 g/mol. The van der Waals surface area contributed by atoms with Crippen LogP contribution in [0, 0.1) is 28.6 Å². The van der Waals surface area contributed by atoms with Crippen LogP contribution < -0.4 is 0 Å². The highest BCUT2D eigenvalue weighted by Gasteiger charge is 2.72. The largest absolute Gasteiger partial charge is 0.393 e. The van der Waals surface area contributed by atoms with Crippen LogP contribution in [0.15, 0.2) is 0 Å². The second-order valence-electron chi connectivity index (χ2n) is 9.47. The molecule has 0 radical (unpaired) electrons. The first-order valence-corrected chi connectivity index (χ1v) is 10.4. The van der Waals surface area contributed by atoms with E-state index in [0.717, 1.165) is 45.1 Å². The summed E-state index contributed by atoms with van der Waals surface area (Å²) < 4.78 is 6.34. The van der Waals surface area contributed by atoms with Gasteiger partial charge in [-0.15, -0.1) is 0 Å². The molecular weight excluding hydrogens is 356 g/mol. The van der Waals surface area contributed by atoms with Crippen LogP contribution in [-0.4, -0.2) is 39.5 Å². The van der Waals surface area contributed by atoms with Gasteiger partial charge in [-0.1, -0.05) is 22.9 Å². The molecule has 0 aromatic rings.